The fourth-order valence-electron chi connectivity index (χ4n) is 2.44. The normalized spacial score (nSPS) is 19.0. The van der Waals surface area contributed by atoms with Crippen LogP contribution in [-0.4, -0.2) is 29.7 Å². The van der Waals surface area contributed by atoms with Crippen LogP contribution in [-0.2, 0) is 4.79 Å². The van der Waals surface area contributed by atoms with Crippen LogP contribution < -0.4 is 9.64 Å². The van der Waals surface area contributed by atoms with E-state index in [-0.39, 0.29) is 5.91 Å². The molecule has 0 saturated carbocycles. The van der Waals surface area contributed by atoms with Crippen molar-refractivity contribution in [3.05, 3.63) is 54.4 Å². The SMILES string of the molecule is COc1ccc(N2CC(C(O)c3ccccn3)C2=O)cc1. The topological polar surface area (TPSA) is 62.7 Å². The maximum absolute atomic E-state index is 12.2. The standard InChI is InChI=1S/C16H16N2O3/c1-21-12-7-5-11(6-8-12)18-10-13(16(18)20)15(19)14-4-2-3-9-17-14/h2-9,13,15,19H,10H2,1H3. The van der Waals surface area contributed by atoms with E-state index in [4.69, 9.17) is 4.74 Å². The van der Waals surface area contributed by atoms with Gasteiger partial charge in [-0.3, -0.25) is 9.78 Å². The third-order valence-electron chi connectivity index (χ3n) is 3.72. The third kappa shape index (κ3) is 2.48. The highest BCUT2D eigenvalue weighted by Gasteiger charge is 2.43. The average Bonchev–Trinajstić information content (AvgIpc) is 2.55. The van der Waals surface area contributed by atoms with Crippen molar-refractivity contribution in [2.75, 3.05) is 18.6 Å². The van der Waals surface area contributed by atoms with Crippen molar-refractivity contribution in [2.24, 2.45) is 5.92 Å². The van der Waals surface area contributed by atoms with Crippen LogP contribution in [0.5, 0.6) is 5.75 Å². The largest absolute Gasteiger partial charge is 0.497 e. The van der Waals surface area contributed by atoms with Crippen LogP contribution >= 0.6 is 0 Å². The van der Waals surface area contributed by atoms with E-state index in [0.29, 0.717) is 12.2 Å². The van der Waals surface area contributed by atoms with E-state index in [2.05, 4.69) is 4.98 Å². The van der Waals surface area contributed by atoms with E-state index in [1.54, 1.807) is 36.4 Å². The molecule has 1 aliphatic heterocycles. The van der Waals surface area contributed by atoms with Crippen molar-refractivity contribution in [2.45, 2.75) is 6.10 Å². The van der Waals surface area contributed by atoms with Crippen molar-refractivity contribution in [1.29, 1.82) is 0 Å². The van der Waals surface area contributed by atoms with E-state index in [0.717, 1.165) is 11.4 Å². The lowest BCUT2D eigenvalue weighted by molar-refractivity contribution is -0.132. The van der Waals surface area contributed by atoms with Gasteiger partial charge in [0.2, 0.25) is 5.91 Å². The number of anilines is 1. The fraction of sp³-hybridized carbons (Fsp3) is 0.250. The summed E-state index contributed by atoms with van der Waals surface area (Å²) in [7, 11) is 1.60. The number of methoxy groups -OCH3 is 1. The molecule has 0 aliphatic carbocycles. The number of rotatable bonds is 4. The summed E-state index contributed by atoms with van der Waals surface area (Å²) in [5, 5.41) is 10.2. The van der Waals surface area contributed by atoms with Crippen molar-refractivity contribution < 1.29 is 14.6 Å². The Hall–Kier alpha value is -2.40. The number of aromatic nitrogens is 1. The molecule has 1 aromatic heterocycles. The maximum Gasteiger partial charge on any atom is 0.234 e. The number of pyridine rings is 1. The summed E-state index contributed by atoms with van der Waals surface area (Å²) in [6.07, 6.45) is 0.761. The molecule has 2 aromatic rings. The molecule has 1 amide bonds. The first kappa shape index (κ1) is 13.6. The first-order valence-electron chi connectivity index (χ1n) is 6.75. The Labute approximate surface area is 122 Å². The molecule has 0 bridgehead atoms. The Balaban J connectivity index is 1.70. The van der Waals surface area contributed by atoms with E-state index in [1.165, 1.54) is 0 Å². The lowest BCUT2D eigenvalue weighted by atomic mass is 9.89. The zero-order chi connectivity index (χ0) is 14.8. The molecule has 1 aromatic carbocycles. The molecule has 1 N–H and O–H groups in total. The van der Waals surface area contributed by atoms with Gasteiger partial charge in [-0.2, -0.15) is 0 Å². The lowest BCUT2D eigenvalue weighted by Gasteiger charge is -2.40. The maximum atomic E-state index is 12.2. The Morgan fingerprint density at radius 2 is 2.05 bits per heavy atom. The molecule has 0 spiro atoms. The van der Waals surface area contributed by atoms with Gasteiger partial charge >= 0.3 is 0 Å². The number of aliphatic hydroxyl groups excluding tert-OH is 1. The number of nitrogens with zero attached hydrogens (tertiary/aromatic N) is 2. The summed E-state index contributed by atoms with van der Waals surface area (Å²) >= 11 is 0. The second kappa shape index (κ2) is 5.54. The summed E-state index contributed by atoms with van der Waals surface area (Å²) in [5.74, 6) is 0.233. The number of hydrogen-bond acceptors (Lipinski definition) is 4. The molecule has 2 atom stereocenters. The quantitative estimate of drug-likeness (QED) is 0.869. The monoisotopic (exact) mass is 284 g/mol. The molecule has 2 heterocycles. The second-order valence-electron chi connectivity index (χ2n) is 4.95. The van der Waals surface area contributed by atoms with Gasteiger partial charge in [-0.1, -0.05) is 6.07 Å². The van der Waals surface area contributed by atoms with E-state index >= 15 is 0 Å². The number of ether oxygens (including phenoxy) is 1. The molecule has 21 heavy (non-hydrogen) atoms. The third-order valence-corrected chi connectivity index (χ3v) is 3.72. The molecule has 108 valence electrons. The van der Waals surface area contributed by atoms with Crippen LogP contribution in [0.1, 0.15) is 11.8 Å². The summed E-state index contributed by atoms with van der Waals surface area (Å²) in [6, 6.07) is 12.6. The van der Waals surface area contributed by atoms with Crippen molar-refractivity contribution in [1.82, 2.24) is 4.98 Å². The number of carbonyl (C=O) groups is 1. The van der Waals surface area contributed by atoms with E-state index < -0.39 is 12.0 Å². The van der Waals surface area contributed by atoms with Gasteiger partial charge in [0.05, 0.1) is 18.7 Å². The molecular weight excluding hydrogens is 268 g/mol. The van der Waals surface area contributed by atoms with Crippen molar-refractivity contribution in [3.8, 4) is 5.75 Å². The summed E-state index contributed by atoms with van der Waals surface area (Å²) in [4.78, 5) is 18.0. The molecule has 1 fully saturated rings. The highest BCUT2D eigenvalue weighted by molar-refractivity contribution is 6.01. The van der Waals surface area contributed by atoms with Gasteiger partial charge in [0.1, 0.15) is 11.9 Å². The van der Waals surface area contributed by atoms with Gasteiger partial charge in [0.25, 0.3) is 0 Å². The van der Waals surface area contributed by atoms with Gasteiger partial charge in [-0.15, -0.1) is 0 Å². The first-order chi connectivity index (χ1) is 10.2. The summed E-state index contributed by atoms with van der Waals surface area (Å²) in [5.41, 5.74) is 1.34. The minimum atomic E-state index is -0.854. The molecule has 5 nitrogen and oxygen atoms in total. The number of benzene rings is 1. The van der Waals surface area contributed by atoms with Gasteiger partial charge < -0.3 is 14.7 Å². The van der Waals surface area contributed by atoms with Crippen molar-refractivity contribution in [3.63, 3.8) is 0 Å². The Bertz CT molecular complexity index is 628. The summed E-state index contributed by atoms with van der Waals surface area (Å²) < 4.78 is 5.09. The molecular formula is C16H16N2O3. The molecule has 1 saturated heterocycles. The number of β-lactam (4-membered cyclic amide) rings is 1. The predicted octanol–water partition coefficient (Wildman–Crippen LogP) is 1.79. The minimum absolute atomic E-state index is 0.0849. The fourth-order valence-corrected chi connectivity index (χ4v) is 2.44. The van der Waals surface area contributed by atoms with Crippen molar-refractivity contribution >= 4 is 11.6 Å². The van der Waals surface area contributed by atoms with Crippen LogP contribution in [0.25, 0.3) is 0 Å². The smallest absolute Gasteiger partial charge is 0.234 e. The van der Waals surface area contributed by atoms with Gasteiger partial charge in [0.15, 0.2) is 0 Å². The van der Waals surface area contributed by atoms with Crippen LogP contribution in [0.3, 0.4) is 0 Å². The molecule has 0 radical (unpaired) electrons. The molecule has 2 unspecified atom stereocenters. The molecule has 1 aliphatic rings. The number of carbonyl (C=O) groups excluding carboxylic acids is 1. The summed E-state index contributed by atoms with van der Waals surface area (Å²) in [6.45, 7) is 0.489. The molecule has 5 heteroatoms. The first-order valence-corrected chi connectivity index (χ1v) is 6.75. The van der Waals surface area contributed by atoms with E-state index in [9.17, 15) is 9.90 Å². The number of amides is 1. The lowest BCUT2D eigenvalue weighted by Crippen LogP contribution is -2.55. The van der Waals surface area contributed by atoms with Gasteiger partial charge in [-0.05, 0) is 36.4 Å². The van der Waals surface area contributed by atoms with Crippen LogP contribution in [0.2, 0.25) is 0 Å². The number of hydrogen-bond donors (Lipinski definition) is 1. The minimum Gasteiger partial charge on any atom is -0.497 e. The van der Waals surface area contributed by atoms with Crippen LogP contribution in [0, 0.1) is 5.92 Å². The van der Waals surface area contributed by atoms with E-state index in [1.807, 2.05) is 24.3 Å². The van der Waals surface area contributed by atoms with Crippen LogP contribution in [0.15, 0.2) is 48.7 Å². The second-order valence-corrected chi connectivity index (χ2v) is 4.95. The highest BCUT2D eigenvalue weighted by Crippen LogP contribution is 2.34. The zero-order valence-electron chi connectivity index (χ0n) is 11.6. The number of aliphatic hydroxyl groups is 1. The average molecular weight is 284 g/mol. The Morgan fingerprint density at radius 1 is 1.29 bits per heavy atom. The van der Waals surface area contributed by atoms with Crippen LogP contribution in [0.4, 0.5) is 5.69 Å². The Morgan fingerprint density at radius 3 is 2.62 bits per heavy atom. The predicted molar refractivity (Wildman–Crippen MR) is 78.0 cm³/mol. The zero-order valence-corrected chi connectivity index (χ0v) is 11.6. The Kier molecular flexibility index (Phi) is 3.58. The highest BCUT2D eigenvalue weighted by atomic mass is 16.5. The molecule has 3 rings (SSSR count). The van der Waals surface area contributed by atoms with Gasteiger partial charge in [0, 0.05) is 18.4 Å². The van der Waals surface area contributed by atoms with Gasteiger partial charge in [-0.25, -0.2) is 0 Å².